The summed E-state index contributed by atoms with van der Waals surface area (Å²) >= 11 is 0. The third-order valence-electron chi connectivity index (χ3n) is 3.28. The standard InChI is InChI=1S/C13H21N3O5/c1-4-13(5-2,6-12(18)19)15-10(17)7-20-8-11-14-9(3)16-21-11/h4-8H2,1-3H3,(H,15,17)(H,18,19). The summed E-state index contributed by atoms with van der Waals surface area (Å²) in [4.78, 5) is 26.7. The highest BCUT2D eigenvalue weighted by molar-refractivity contribution is 5.79. The minimum Gasteiger partial charge on any atom is -0.481 e. The van der Waals surface area contributed by atoms with Gasteiger partial charge in [0.1, 0.15) is 13.2 Å². The van der Waals surface area contributed by atoms with Crippen molar-refractivity contribution >= 4 is 11.9 Å². The number of carbonyl (C=O) groups excluding carboxylic acids is 1. The van der Waals surface area contributed by atoms with Crippen molar-refractivity contribution in [2.45, 2.75) is 52.2 Å². The number of amides is 1. The minimum absolute atomic E-state index is 0.0401. The van der Waals surface area contributed by atoms with Crippen LogP contribution in [-0.4, -0.2) is 39.3 Å². The molecule has 0 bridgehead atoms. The third kappa shape index (κ3) is 5.50. The Hall–Kier alpha value is -1.96. The van der Waals surface area contributed by atoms with Crippen molar-refractivity contribution in [1.82, 2.24) is 15.5 Å². The number of hydrogen-bond acceptors (Lipinski definition) is 6. The van der Waals surface area contributed by atoms with Crippen molar-refractivity contribution in [3.8, 4) is 0 Å². The summed E-state index contributed by atoms with van der Waals surface area (Å²) in [5, 5.41) is 15.3. The Morgan fingerprint density at radius 3 is 2.52 bits per heavy atom. The number of aliphatic carboxylic acids is 1. The molecule has 8 heteroatoms. The Bertz CT molecular complexity index is 482. The first kappa shape index (κ1) is 17.1. The Kier molecular flexibility index (Phi) is 6.29. The van der Waals surface area contributed by atoms with Crippen molar-refractivity contribution in [2.75, 3.05) is 6.61 Å². The fourth-order valence-electron chi connectivity index (χ4n) is 1.97. The number of ether oxygens (including phenoxy) is 1. The summed E-state index contributed by atoms with van der Waals surface area (Å²) in [5.41, 5.74) is -0.743. The molecule has 0 unspecified atom stereocenters. The van der Waals surface area contributed by atoms with E-state index in [1.807, 2.05) is 13.8 Å². The lowest BCUT2D eigenvalue weighted by molar-refractivity contribution is -0.139. The van der Waals surface area contributed by atoms with Gasteiger partial charge in [-0.15, -0.1) is 0 Å². The molecular weight excluding hydrogens is 278 g/mol. The summed E-state index contributed by atoms with van der Waals surface area (Å²) in [6, 6.07) is 0. The summed E-state index contributed by atoms with van der Waals surface area (Å²) in [5.74, 6) is -0.518. The van der Waals surface area contributed by atoms with Crippen molar-refractivity contribution in [2.24, 2.45) is 0 Å². The number of carbonyl (C=O) groups is 2. The molecule has 0 saturated carbocycles. The van der Waals surface area contributed by atoms with E-state index in [9.17, 15) is 9.59 Å². The average Bonchev–Trinajstić information content (AvgIpc) is 2.83. The number of rotatable bonds is 9. The first-order valence-corrected chi connectivity index (χ1v) is 6.80. The highest BCUT2D eigenvalue weighted by Gasteiger charge is 2.30. The van der Waals surface area contributed by atoms with Gasteiger partial charge in [0.15, 0.2) is 5.82 Å². The van der Waals surface area contributed by atoms with E-state index in [1.165, 1.54) is 0 Å². The Balaban J connectivity index is 2.44. The average molecular weight is 299 g/mol. The number of aromatic nitrogens is 2. The van der Waals surface area contributed by atoms with Crippen LogP contribution in [0.2, 0.25) is 0 Å². The zero-order chi connectivity index (χ0) is 15.9. The molecular formula is C13H21N3O5. The molecule has 0 aromatic carbocycles. The van der Waals surface area contributed by atoms with Crippen LogP contribution in [-0.2, 0) is 20.9 Å². The molecule has 0 aliphatic heterocycles. The monoisotopic (exact) mass is 299 g/mol. The van der Waals surface area contributed by atoms with E-state index in [-0.39, 0.29) is 25.5 Å². The molecule has 2 N–H and O–H groups in total. The zero-order valence-electron chi connectivity index (χ0n) is 12.5. The maximum absolute atomic E-state index is 11.9. The van der Waals surface area contributed by atoms with E-state index in [1.54, 1.807) is 6.92 Å². The number of carboxylic acid groups (broad SMARTS) is 1. The van der Waals surface area contributed by atoms with Crippen LogP contribution in [0.15, 0.2) is 4.52 Å². The zero-order valence-corrected chi connectivity index (χ0v) is 12.5. The molecule has 0 radical (unpaired) electrons. The number of nitrogens with zero attached hydrogens (tertiary/aromatic N) is 2. The number of nitrogens with one attached hydrogen (secondary N) is 1. The van der Waals surface area contributed by atoms with Crippen LogP contribution in [0.4, 0.5) is 0 Å². The van der Waals surface area contributed by atoms with Crippen LogP contribution in [0.5, 0.6) is 0 Å². The first-order chi connectivity index (χ1) is 9.90. The van der Waals surface area contributed by atoms with Crippen LogP contribution in [0.3, 0.4) is 0 Å². The van der Waals surface area contributed by atoms with Crippen molar-refractivity contribution in [3.63, 3.8) is 0 Å². The molecule has 1 aromatic rings. The SMILES string of the molecule is CCC(CC)(CC(=O)O)NC(=O)COCc1nc(C)no1. The normalized spacial score (nSPS) is 11.4. The second-order valence-electron chi connectivity index (χ2n) is 4.83. The van der Waals surface area contributed by atoms with E-state index in [0.717, 1.165) is 0 Å². The van der Waals surface area contributed by atoms with E-state index >= 15 is 0 Å². The molecule has 0 aliphatic rings. The Morgan fingerprint density at radius 1 is 1.38 bits per heavy atom. The molecule has 0 aliphatic carbocycles. The molecule has 0 spiro atoms. The number of hydrogen-bond donors (Lipinski definition) is 2. The molecule has 1 heterocycles. The quantitative estimate of drug-likeness (QED) is 0.700. The predicted octanol–water partition coefficient (Wildman–Crippen LogP) is 1.04. The largest absolute Gasteiger partial charge is 0.481 e. The van der Waals surface area contributed by atoms with Crippen LogP contribution >= 0.6 is 0 Å². The predicted molar refractivity (Wildman–Crippen MR) is 72.4 cm³/mol. The molecule has 0 atom stereocenters. The molecule has 1 aromatic heterocycles. The van der Waals surface area contributed by atoms with Gasteiger partial charge < -0.3 is 19.7 Å². The molecule has 1 rings (SSSR count). The molecule has 118 valence electrons. The maximum Gasteiger partial charge on any atom is 0.305 e. The highest BCUT2D eigenvalue weighted by atomic mass is 16.5. The van der Waals surface area contributed by atoms with Crippen LogP contribution in [0.1, 0.15) is 44.8 Å². The lowest BCUT2D eigenvalue weighted by Crippen LogP contribution is -2.50. The van der Waals surface area contributed by atoms with E-state index in [2.05, 4.69) is 15.5 Å². The van der Waals surface area contributed by atoms with Gasteiger partial charge in [0.2, 0.25) is 5.91 Å². The van der Waals surface area contributed by atoms with Gasteiger partial charge in [-0.3, -0.25) is 9.59 Å². The molecule has 8 nitrogen and oxygen atoms in total. The molecule has 21 heavy (non-hydrogen) atoms. The van der Waals surface area contributed by atoms with Gasteiger partial charge in [-0.05, 0) is 19.8 Å². The summed E-state index contributed by atoms with van der Waals surface area (Å²) in [6.45, 7) is 5.22. The van der Waals surface area contributed by atoms with Crippen molar-refractivity contribution < 1.29 is 24.0 Å². The second kappa shape index (κ2) is 7.72. The van der Waals surface area contributed by atoms with Crippen LogP contribution in [0.25, 0.3) is 0 Å². The summed E-state index contributed by atoms with van der Waals surface area (Å²) in [7, 11) is 0. The van der Waals surface area contributed by atoms with Crippen LogP contribution < -0.4 is 5.32 Å². The first-order valence-electron chi connectivity index (χ1n) is 6.80. The smallest absolute Gasteiger partial charge is 0.305 e. The van der Waals surface area contributed by atoms with Gasteiger partial charge >= 0.3 is 5.97 Å². The van der Waals surface area contributed by atoms with Gasteiger partial charge in [0.05, 0.1) is 12.0 Å². The summed E-state index contributed by atoms with van der Waals surface area (Å²) in [6.07, 6.45) is 0.948. The van der Waals surface area contributed by atoms with E-state index in [0.29, 0.717) is 24.6 Å². The second-order valence-corrected chi connectivity index (χ2v) is 4.83. The van der Waals surface area contributed by atoms with Crippen LogP contribution in [0, 0.1) is 6.92 Å². The van der Waals surface area contributed by atoms with Gasteiger partial charge in [-0.2, -0.15) is 4.98 Å². The highest BCUT2D eigenvalue weighted by Crippen LogP contribution is 2.19. The molecule has 0 fully saturated rings. The van der Waals surface area contributed by atoms with Gasteiger partial charge in [0, 0.05) is 0 Å². The molecule has 0 saturated heterocycles. The van der Waals surface area contributed by atoms with Crippen molar-refractivity contribution in [1.29, 1.82) is 0 Å². The van der Waals surface area contributed by atoms with E-state index < -0.39 is 11.5 Å². The lowest BCUT2D eigenvalue weighted by Gasteiger charge is -2.31. The van der Waals surface area contributed by atoms with Gasteiger partial charge in [-0.25, -0.2) is 0 Å². The fourth-order valence-corrected chi connectivity index (χ4v) is 1.97. The third-order valence-corrected chi connectivity index (χ3v) is 3.28. The number of carboxylic acids is 1. The Morgan fingerprint density at radius 2 is 2.05 bits per heavy atom. The Labute approximate surface area is 122 Å². The number of aryl methyl sites for hydroxylation is 1. The molecule has 1 amide bonds. The van der Waals surface area contributed by atoms with Gasteiger partial charge in [-0.1, -0.05) is 19.0 Å². The van der Waals surface area contributed by atoms with Gasteiger partial charge in [0.25, 0.3) is 5.89 Å². The van der Waals surface area contributed by atoms with E-state index in [4.69, 9.17) is 14.4 Å². The fraction of sp³-hybridized carbons (Fsp3) is 0.692. The minimum atomic E-state index is -0.943. The lowest BCUT2D eigenvalue weighted by atomic mass is 9.89. The maximum atomic E-state index is 11.9. The van der Waals surface area contributed by atoms with Crippen molar-refractivity contribution in [3.05, 3.63) is 11.7 Å². The summed E-state index contributed by atoms with van der Waals surface area (Å²) < 4.78 is 10.0. The topological polar surface area (TPSA) is 115 Å².